The van der Waals surface area contributed by atoms with E-state index in [1.807, 2.05) is 83.5 Å². The van der Waals surface area contributed by atoms with Gasteiger partial charge in [-0.3, -0.25) is 4.79 Å². The molecule has 7 nitrogen and oxygen atoms in total. The van der Waals surface area contributed by atoms with E-state index in [0.717, 1.165) is 16.7 Å². The lowest BCUT2D eigenvalue weighted by molar-refractivity contribution is -0.121. The van der Waals surface area contributed by atoms with Crippen molar-refractivity contribution >= 4 is 29.3 Å². The van der Waals surface area contributed by atoms with Gasteiger partial charge in [-0.2, -0.15) is 0 Å². The molecule has 1 amide bonds. The fourth-order valence-corrected chi connectivity index (χ4v) is 5.21. The minimum atomic E-state index is -0.492. The predicted molar refractivity (Wildman–Crippen MR) is 133 cm³/mol. The van der Waals surface area contributed by atoms with Gasteiger partial charge in [0.2, 0.25) is 11.1 Å². The Labute approximate surface area is 206 Å². The fraction of sp³-hybridized carbons (Fsp3) is 0.160. The van der Waals surface area contributed by atoms with Gasteiger partial charge >= 0.3 is 0 Å². The highest BCUT2D eigenvalue weighted by molar-refractivity contribution is 8.00. The standard InChI is InChI=1S/C25H22ClN5O2S/c1-33-20-13-12-18(14-19(20)26)21-22(24(32)27-15-16-8-4-2-5-9-16)34-25-29-28-23(31(25)30-21)17-10-6-3-7-11-17/h2-14,21-22,30H,15H2,1H3,(H,27,32)/t21-,22-/m0/s1. The van der Waals surface area contributed by atoms with E-state index in [1.54, 1.807) is 7.11 Å². The second-order valence-corrected chi connectivity index (χ2v) is 9.27. The number of amides is 1. The van der Waals surface area contributed by atoms with E-state index in [1.165, 1.54) is 11.8 Å². The molecule has 0 radical (unpaired) electrons. The monoisotopic (exact) mass is 491 g/mol. The van der Waals surface area contributed by atoms with Gasteiger partial charge in [0, 0.05) is 12.1 Å². The van der Waals surface area contributed by atoms with Gasteiger partial charge in [0.15, 0.2) is 5.82 Å². The summed E-state index contributed by atoms with van der Waals surface area (Å²) in [5, 5.41) is 12.4. The molecule has 1 aromatic heterocycles. The molecule has 9 heteroatoms. The summed E-state index contributed by atoms with van der Waals surface area (Å²) in [7, 11) is 1.57. The highest BCUT2D eigenvalue weighted by Crippen LogP contribution is 2.40. The number of hydrogen-bond donors (Lipinski definition) is 2. The number of methoxy groups -OCH3 is 1. The van der Waals surface area contributed by atoms with Crippen LogP contribution in [-0.4, -0.2) is 33.1 Å². The summed E-state index contributed by atoms with van der Waals surface area (Å²) in [6, 6.07) is 24.8. The Morgan fingerprint density at radius 2 is 1.82 bits per heavy atom. The highest BCUT2D eigenvalue weighted by Gasteiger charge is 2.38. The van der Waals surface area contributed by atoms with Gasteiger partial charge in [0.05, 0.1) is 18.2 Å². The van der Waals surface area contributed by atoms with E-state index in [-0.39, 0.29) is 11.9 Å². The van der Waals surface area contributed by atoms with Crippen molar-refractivity contribution in [2.24, 2.45) is 0 Å². The average molecular weight is 492 g/mol. The summed E-state index contributed by atoms with van der Waals surface area (Å²) in [4.78, 5) is 13.4. The minimum absolute atomic E-state index is 0.103. The summed E-state index contributed by atoms with van der Waals surface area (Å²) < 4.78 is 7.14. The summed E-state index contributed by atoms with van der Waals surface area (Å²) in [5.41, 5.74) is 6.28. The second kappa shape index (κ2) is 9.79. The van der Waals surface area contributed by atoms with Crippen molar-refractivity contribution in [3.63, 3.8) is 0 Å². The van der Waals surface area contributed by atoms with Gasteiger partial charge in [-0.25, -0.2) is 4.68 Å². The number of carbonyl (C=O) groups is 1. The number of nitrogens with zero attached hydrogens (tertiary/aromatic N) is 3. The van der Waals surface area contributed by atoms with E-state index in [2.05, 4.69) is 20.9 Å². The molecule has 3 aromatic carbocycles. The highest BCUT2D eigenvalue weighted by atomic mass is 35.5. The molecule has 5 rings (SSSR count). The number of rotatable bonds is 6. The first-order chi connectivity index (χ1) is 16.6. The second-order valence-electron chi connectivity index (χ2n) is 7.75. The van der Waals surface area contributed by atoms with Crippen LogP contribution in [0.5, 0.6) is 5.75 Å². The Balaban J connectivity index is 1.48. The zero-order valence-corrected chi connectivity index (χ0v) is 19.9. The first-order valence-corrected chi connectivity index (χ1v) is 12.0. The molecule has 0 unspecified atom stereocenters. The zero-order chi connectivity index (χ0) is 23.5. The Hall–Kier alpha value is -3.49. The lowest BCUT2D eigenvalue weighted by Gasteiger charge is -2.33. The van der Waals surface area contributed by atoms with E-state index >= 15 is 0 Å². The Kier molecular flexibility index (Phi) is 6.42. The van der Waals surface area contributed by atoms with Crippen molar-refractivity contribution in [1.82, 2.24) is 20.2 Å². The molecule has 2 atom stereocenters. The molecule has 0 bridgehead atoms. The van der Waals surface area contributed by atoms with Crippen molar-refractivity contribution in [1.29, 1.82) is 0 Å². The van der Waals surface area contributed by atoms with E-state index in [0.29, 0.717) is 28.3 Å². The molecular weight excluding hydrogens is 470 g/mol. The van der Waals surface area contributed by atoms with Crippen LogP contribution in [0.25, 0.3) is 11.4 Å². The van der Waals surface area contributed by atoms with Crippen LogP contribution in [0.15, 0.2) is 84.0 Å². The van der Waals surface area contributed by atoms with Crippen LogP contribution in [0.2, 0.25) is 5.02 Å². The molecule has 0 fully saturated rings. The van der Waals surface area contributed by atoms with Crippen LogP contribution < -0.4 is 15.5 Å². The Morgan fingerprint density at radius 1 is 1.09 bits per heavy atom. The normalized spacial score (nSPS) is 16.9. The fourth-order valence-electron chi connectivity index (χ4n) is 3.84. The summed E-state index contributed by atoms with van der Waals surface area (Å²) in [6.45, 7) is 0.439. The van der Waals surface area contributed by atoms with Crippen LogP contribution in [0, 0.1) is 0 Å². The van der Waals surface area contributed by atoms with Gasteiger partial charge in [0.25, 0.3) is 0 Å². The smallest absolute Gasteiger partial charge is 0.236 e. The van der Waals surface area contributed by atoms with E-state index in [4.69, 9.17) is 16.3 Å². The summed E-state index contributed by atoms with van der Waals surface area (Å²) in [5.74, 6) is 1.15. The van der Waals surface area contributed by atoms with Crippen molar-refractivity contribution in [3.05, 3.63) is 95.0 Å². The van der Waals surface area contributed by atoms with Crippen molar-refractivity contribution in [3.8, 4) is 17.1 Å². The number of ether oxygens (including phenoxy) is 1. The van der Waals surface area contributed by atoms with Crippen molar-refractivity contribution < 1.29 is 9.53 Å². The number of aromatic nitrogens is 3. The quantitative estimate of drug-likeness (QED) is 0.407. The van der Waals surface area contributed by atoms with Crippen LogP contribution in [-0.2, 0) is 11.3 Å². The molecule has 34 heavy (non-hydrogen) atoms. The maximum atomic E-state index is 13.4. The largest absolute Gasteiger partial charge is 0.495 e. The van der Waals surface area contributed by atoms with Crippen LogP contribution in [0.3, 0.4) is 0 Å². The third kappa shape index (κ3) is 4.47. The molecule has 172 valence electrons. The Bertz CT molecular complexity index is 1300. The maximum absolute atomic E-state index is 13.4. The van der Waals surface area contributed by atoms with E-state index in [9.17, 15) is 4.79 Å². The molecule has 2 heterocycles. The first-order valence-electron chi connectivity index (χ1n) is 10.7. The number of thioether (sulfide) groups is 1. The van der Waals surface area contributed by atoms with Crippen LogP contribution in [0.1, 0.15) is 17.2 Å². The van der Waals surface area contributed by atoms with Gasteiger partial charge in [0.1, 0.15) is 11.0 Å². The molecule has 0 saturated carbocycles. The number of halogens is 1. The van der Waals surface area contributed by atoms with Crippen molar-refractivity contribution in [2.75, 3.05) is 12.5 Å². The summed E-state index contributed by atoms with van der Waals surface area (Å²) >= 11 is 7.81. The third-order valence-corrected chi connectivity index (χ3v) is 7.08. The lowest BCUT2D eigenvalue weighted by atomic mass is 10.0. The SMILES string of the molecule is COc1ccc([C@@H]2Nn3c(nnc3-c3ccccc3)S[C@@H]2C(=O)NCc2ccccc2)cc1Cl. The van der Waals surface area contributed by atoms with E-state index < -0.39 is 5.25 Å². The first kappa shape index (κ1) is 22.3. The number of hydrogen-bond acceptors (Lipinski definition) is 6. The predicted octanol–water partition coefficient (Wildman–Crippen LogP) is 4.68. The van der Waals surface area contributed by atoms with Gasteiger partial charge in [-0.1, -0.05) is 90.1 Å². The van der Waals surface area contributed by atoms with Gasteiger partial charge in [-0.05, 0) is 23.3 Å². The van der Waals surface area contributed by atoms with Crippen LogP contribution in [0.4, 0.5) is 0 Å². The Morgan fingerprint density at radius 3 is 2.53 bits per heavy atom. The molecule has 4 aromatic rings. The van der Waals surface area contributed by atoms with Crippen LogP contribution >= 0.6 is 23.4 Å². The average Bonchev–Trinajstić information content (AvgIpc) is 3.30. The third-order valence-electron chi connectivity index (χ3n) is 5.57. The molecule has 1 aliphatic heterocycles. The maximum Gasteiger partial charge on any atom is 0.236 e. The van der Waals surface area contributed by atoms with Crippen molar-refractivity contribution in [2.45, 2.75) is 23.0 Å². The molecular formula is C25H22ClN5O2S. The molecule has 0 saturated heterocycles. The molecule has 0 aliphatic carbocycles. The molecule has 1 aliphatic rings. The molecule has 0 spiro atoms. The number of fused-ring (bicyclic) bond motifs is 1. The lowest BCUT2D eigenvalue weighted by Crippen LogP contribution is -2.43. The minimum Gasteiger partial charge on any atom is -0.495 e. The summed E-state index contributed by atoms with van der Waals surface area (Å²) in [6.07, 6.45) is 0. The topological polar surface area (TPSA) is 81.1 Å². The number of carbonyl (C=O) groups excluding carboxylic acids is 1. The van der Waals surface area contributed by atoms with Gasteiger partial charge < -0.3 is 15.5 Å². The number of benzene rings is 3. The molecule has 2 N–H and O–H groups in total. The van der Waals surface area contributed by atoms with Gasteiger partial charge in [-0.15, -0.1) is 10.2 Å². The zero-order valence-electron chi connectivity index (χ0n) is 18.3. The number of nitrogens with one attached hydrogen (secondary N) is 2.